The fourth-order valence-electron chi connectivity index (χ4n) is 5.96. The van der Waals surface area contributed by atoms with Gasteiger partial charge in [-0.15, -0.1) is 0 Å². The molecule has 0 aliphatic rings. The summed E-state index contributed by atoms with van der Waals surface area (Å²) in [5.41, 5.74) is 0.870. The van der Waals surface area contributed by atoms with Crippen molar-refractivity contribution in [1.29, 1.82) is 0 Å². The van der Waals surface area contributed by atoms with E-state index in [1.807, 2.05) is 97.1 Å². The Morgan fingerprint density at radius 1 is 0.741 bits per heavy atom. The number of benzene rings is 5. The summed E-state index contributed by atoms with van der Waals surface area (Å²) in [6, 6.07) is 46.5. The van der Waals surface area contributed by atoms with Gasteiger partial charge in [0.2, 0.25) is 5.91 Å². The van der Waals surface area contributed by atoms with Crippen molar-refractivity contribution in [3.63, 3.8) is 0 Å². The third-order valence-electron chi connectivity index (χ3n) is 8.47. The molecule has 0 fully saturated rings. The molecular formula is C43H40N3O7P. The van der Waals surface area contributed by atoms with Crippen LogP contribution in [0.15, 0.2) is 175 Å². The number of nitrogens with zero attached hydrogens (tertiary/aromatic N) is 2. The Bertz CT molecular complexity index is 2170. The van der Waals surface area contributed by atoms with Gasteiger partial charge >= 0.3 is 13.3 Å². The Morgan fingerprint density at radius 3 is 1.72 bits per heavy atom. The van der Waals surface area contributed by atoms with Crippen molar-refractivity contribution < 1.29 is 27.9 Å². The molecule has 0 radical (unpaired) electrons. The van der Waals surface area contributed by atoms with Gasteiger partial charge in [0, 0.05) is 31.4 Å². The van der Waals surface area contributed by atoms with Crippen LogP contribution in [-0.4, -0.2) is 29.2 Å². The predicted molar refractivity (Wildman–Crippen MR) is 209 cm³/mol. The highest BCUT2D eigenvalue weighted by atomic mass is 31.2. The third kappa shape index (κ3) is 9.41. The van der Waals surface area contributed by atoms with Gasteiger partial charge in [0.1, 0.15) is 28.7 Å². The van der Waals surface area contributed by atoms with Gasteiger partial charge in [0.25, 0.3) is 0 Å². The smallest absolute Gasteiger partial charge is 0.455 e. The first-order valence-corrected chi connectivity index (χ1v) is 18.9. The minimum atomic E-state index is -4.01. The van der Waals surface area contributed by atoms with Crippen molar-refractivity contribution in [2.75, 3.05) is 19.0 Å². The van der Waals surface area contributed by atoms with Crippen LogP contribution >= 0.6 is 7.60 Å². The monoisotopic (exact) mass is 741 g/mol. The van der Waals surface area contributed by atoms with E-state index in [1.54, 1.807) is 74.0 Å². The second-order valence-electron chi connectivity index (χ2n) is 12.3. The highest BCUT2D eigenvalue weighted by Crippen LogP contribution is 2.50. The highest BCUT2D eigenvalue weighted by molar-refractivity contribution is 7.58. The summed E-state index contributed by atoms with van der Waals surface area (Å²) in [5.74, 6) is 2.01. The lowest BCUT2D eigenvalue weighted by Gasteiger charge is -2.37. The van der Waals surface area contributed by atoms with Gasteiger partial charge in [-0.1, -0.05) is 115 Å². The highest BCUT2D eigenvalue weighted by Gasteiger charge is 2.38. The molecule has 274 valence electrons. The van der Waals surface area contributed by atoms with E-state index in [1.165, 1.54) is 17.3 Å². The molecule has 1 atom stereocenters. The normalized spacial score (nSPS) is 12.2. The maximum Gasteiger partial charge on any atom is 0.455 e. The van der Waals surface area contributed by atoms with Crippen LogP contribution in [0.5, 0.6) is 17.2 Å². The molecule has 1 aromatic heterocycles. The Balaban J connectivity index is 1.44. The molecular weight excluding hydrogens is 701 g/mol. The molecule has 0 spiro atoms. The molecule has 6 rings (SSSR count). The van der Waals surface area contributed by atoms with Gasteiger partial charge in [0.15, 0.2) is 0 Å². The molecule has 5 aromatic carbocycles. The molecule has 11 heteroatoms. The van der Waals surface area contributed by atoms with E-state index < -0.39 is 24.8 Å². The number of anilines is 1. The van der Waals surface area contributed by atoms with Crippen molar-refractivity contribution in [3.8, 4) is 17.2 Å². The van der Waals surface area contributed by atoms with Crippen molar-refractivity contribution in [1.82, 2.24) is 9.55 Å². The largest absolute Gasteiger partial charge is 0.497 e. The number of methoxy groups -OCH3 is 1. The molecule has 6 aromatic rings. The SMILES string of the molecule is COc1ccc(C(OCC(/C=C/P(=O)(Oc2ccccc2)Oc2ccccc2)Cn2ccc(NC(C)=O)nc2=O)(c2ccccc2)c2ccccc2)cc1. The van der Waals surface area contributed by atoms with Gasteiger partial charge in [-0.05, 0) is 59.2 Å². The van der Waals surface area contributed by atoms with E-state index in [9.17, 15) is 14.2 Å². The quantitative estimate of drug-likeness (QED) is 0.0774. The molecule has 0 bridgehead atoms. The first kappa shape index (κ1) is 37.5. The van der Waals surface area contributed by atoms with Crippen LogP contribution in [0, 0.1) is 5.92 Å². The Kier molecular flexibility index (Phi) is 12.2. The summed E-state index contributed by atoms with van der Waals surface area (Å²) in [5, 5.41) is 2.54. The molecule has 0 saturated heterocycles. The molecule has 0 aliphatic heterocycles. The number of aromatic nitrogens is 2. The number of hydrogen-bond acceptors (Lipinski definition) is 8. The van der Waals surface area contributed by atoms with Crippen molar-refractivity contribution >= 4 is 19.3 Å². The molecule has 54 heavy (non-hydrogen) atoms. The predicted octanol–water partition coefficient (Wildman–Crippen LogP) is 8.70. The van der Waals surface area contributed by atoms with Crippen molar-refractivity contribution in [2.24, 2.45) is 5.92 Å². The third-order valence-corrected chi connectivity index (χ3v) is 9.94. The minimum absolute atomic E-state index is 0.0306. The zero-order chi connectivity index (χ0) is 37.8. The standard InChI is InChI=1S/C43H40N3O7P/c1-33(47)44-41-27-29-46(42(48)45-41)31-34(28-30-54(49,52-39-19-11-5-12-20-39)53-40-21-13-6-14-22-40)32-51-43(35-15-7-3-8-16-35,36-17-9-4-10-18-36)37-23-25-38(50-2)26-24-37/h3-30,34H,31-32H2,1-2H3,(H,44,45,47,48)/b30-28+. The van der Waals surface area contributed by atoms with Crippen LogP contribution in [0.1, 0.15) is 23.6 Å². The molecule has 1 unspecified atom stereocenters. The summed E-state index contributed by atoms with van der Waals surface area (Å²) in [6.45, 7) is 1.44. The van der Waals surface area contributed by atoms with Gasteiger partial charge in [0.05, 0.1) is 13.7 Å². The van der Waals surface area contributed by atoms with Gasteiger partial charge in [-0.2, -0.15) is 4.98 Å². The van der Waals surface area contributed by atoms with Gasteiger partial charge in [-0.3, -0.25) is 9.36 Å². The van der Waals surface area contributed by atoms with E-state index in [0.717, 1.165) is 16.7 Å². The first-order valence-electron chi connectivity index (χ1n) is 17.3. The van der Waals surface area contributed by atoms with E-state index >= 15 is 0 Å². The second kappa shape index (κ2) is 17.5. The molecule has 1 N–H and O–H groups in total. The van der Waals surface area contributed by atoms with E-state index in [0.29, 0.717) is 17.2 Å². The average Bonchev–Trinajstić information content (AvgIpc) is 3.19. The van der Waals surface area contributed by atoms with Crippen molar-refractivity contribution in [2.45, 2.75) is 19.1 Å². The van der Waals surface area contributed by atoms with Crippen LogP contribution in [0.3, 0.4) is 0 Å². The maximum absolute atomic E-state index is 14.5. The van der Waals surface area contributed by atoms with Crippen LogP contribution in [0.4, 0.5) is 5.82 Å². The zero-order valence-electron chi connectivity index (χ0n) is 29.9. The van der Waals surface area contributed by atoms with Gasteiger partial charge < -0.3 is 23.8 Å². The number of hydrogen-bond donors (Lipinski definition) is 1. The zero-order valence-corrected chi connectivity index (χ0v) is 30.8. The van der Waals surface area contributed by atoms with E-state index in [-0.39, 0.29) is 24.9 Å². The molecule has 10 nitrogen and oxygen atoms in total. The summed E-state index contributed by atoms with van der Waals surface area (Å²) in [7, 11) is -2.39. The Labute approximate surface area is 314 Å². The van der Waals surface area contributed by atoms with Crippen molar-refractivity contribution in [3.05, 3.63) is 197 Å². The Morgan fingerprint density at radius 2 is 1.24 bits per heavy atom. The van der Waals surface area contributed by atoms with Crippen LogP contribution in [0.2, 0.25) is 0 Å². The number of amides is 1. The number of carbonyl (C=O) groups excluding carboxylic acids is 1. The number of para-hydroxylation sites is 2. The van der Waals surface area contributed by atoms with Gasteiger partial charge in [-0.25, -0.2) is 9.36 Å². The maximum atomic E-state index is 14.5. The molecule has 1 amide bonds. The summed E-state index contributed by atoms with van der Waals surface area (Å²) >= 11 is 0. The lowest BCUT2D eigenvalue weighted by molar-refractivity contribution is -0.114. The number of nitrogens with one attached hydrogen (secondary N) is 1. The number of ether oxygens (including phenoxy) is 2. The lowest BCUT2D eigenvalue weighted by Crippen LogP contribution is -2.36. The van der Waals surface area contributed by atoms with Crippen LogP contribution < -0.4 is 24.8 Å². The summed E-state index contributed by atoms with van der Waals surface area (Å²) in [4.78, 5) is 29.0. The van der Waals surface area contributed by atoms with Crippen LogP contribution in [-0.2, 0) is 26.2 Å². The molecule has 0 aliphatic carbocycles. The van der Waals surface area contributed by atoms with E-state index in [2.05, 4.69) is 10.3 Å². The van der Waals surface area contributed by atoms with E-state index in [4.69, 9.17) is 18.5 Å². The fourth-order valence-corrected chi connectivity index (χ4v) is 7.40. The minimum Gasteiger partial charge on any atom is -0.497 e. The summed E-state index contributed by atoms with van der Waals surface area (Å²) in [6.07, 6.45) is 3.24. The molecule has 1 heterocycles. The second-order valence-corrected chi connectivity index (χ2v) is 14.1. The number of rotatable bonds is 16. The Hall–Kier alpha value is -6.22. The fraction of sp³-hybridized carbons (Fsp3) is 0.140. The lowest BCUT2D eigenvalue weighted by atomic mass is 9.80. The average molecular weight is 742 g/mol. The van der Waals surface area contributed by atoms with Crippen LogP contribution in [0.25, 0.3) is 0 Å². The first-order chi connectivity index (χ1) is 26.3. The topological polar surface area (TPSA) is 118 Å². The molecule has 0 saturated carbocycles. The number of carbonyl (C=O) groups is 1. The summed E-state index contributed by atoms with van der Waals surface area (Å²) < 4.78 is 40.7.